The van der Waals surface area contributed by atoms with E-state index in [1.54, 1.807) is 0 Å². The maximum Gasteiger partial charge on any atom is 0.251 e. The fourth-order valence-electron chi connectivity index (χ4n) is 3.61. The average Bonchev–Trinajstić information content (AvgIpc) is 2.74. The molecule has 28 heavy (non-hydrogen) atoms. The number of carbonyl (C=O) groups excluding carboxylic acids is 2. The Morgan fingerprint density at radius 2 is 1.71 bits per heavy atom. The summed E-state index contributed by atoms with van der Waals surface area (Å²) in [6.45, 7) is 4.16. The van der Waals surface area contributed by atoms with Crippen LogP contribution in [0.5, 0.6) is 0 Å². The van der Waals surface area contributed by atoms with Crippen molar-refractivity contribution in [1.82, 2.24) is 10.2 Å². The van der Waals surface area contributed by atoms with Crippen LogP contribution < -0.4 is 11.1 Å². The van der Waals surface area contributed by atoms with Crippen molar-refractivity contribution in [2.24, 2.45) is 11.7 Å². The van der Waals surface area contributed by atoms with Crippen molar-refractivity contribution in [2.75, 3.05) is 19.6 Å². The summed E-state index contributed by atoms with van der Waals surface area (Å²) in [5.41, 5.74) is 8.39. The molecule has 1 aliphatic heterocycles. The molecule has 2 amide bonds. The Kier molecular flexibility index (Phi) is 6.82. The first kappa shape index (κ1) is 20.1. The van der Waals surface area contributed by atoms with Crippen molar-refractivity contribution in [3.8, 4) is 0 Å². The summed E-state index contributed by atoms with van der Waals surface area (Å²) in [6.07, 6.45) is 2.16. The van der Waals surface area contributed by atoms with E-state index < -0.39 is 0 Å². The second kappa shape index (κ2) is 9.51. The number of carbonyl (C=O) groups is 2. The molecule has 1 unspecified atom stereocenters. The topological polar surface area (TPSA) is 75.4 Å². The van der Waals surface area contributed by atoms with Crippen LogP contribution in [-0.4, -0.2) is 36.3 Å². The van der Waals surface area contributed by atoms with Crippen LogP contribution in [0.4, 0.5) is 0 Å². The van der Waals surface area contributed by atoms with Gasteiger partial charge < -0.3 is 16.0 Å². The van der Waals surface area contributed by atoms with E-state index in [0.29, 0.717) is 18.0 Å². The predicted molar refractivity (Wildman–Crippen MR) is 111 cm³/mol. The van der Waals surface area contributed by atoms with Crippen molar-refractivity contribution in [1.29, 1.82) is 0 Å². The smallest absolute Gasteiger partial charge is 0.251 e. The summed E-state index contributed by atoms with van der Waals surface area (Å²) >= 11 is 0. The van der Waals surface area contributed by atoms with Gasteiger partial charge in [-0.05, 0) is 49.9 Å². The molecule has 3 rings (SSSR count). The van der Waals surface area contributed by atoms with Gasteiger partial charge in [-0.15, -0.1) is 0 Å². The van der Waals surface area contributed by atoms with Crippen LogP contribution in [0.3, 0.4) is 0 Å². The fourth-order valence-corrected chi connectivity index (χ4v) is 3.61. The minimum Gasteiger partial charge on any atom is -0.345 e. The third-order valence-electron chi connectivity index (χ3n) is 5.50. The summed E-state index contributed by atoms with van der Waals surface area (Å²) < 4.78 is 0. The second-order valence-electron chi connectivity index (χ2n) is 7.57. The van der Waals surface area contributed by atoms with Crippen LogP contribution in [0.2, 0.25) is 0 Å². The molecule has 5 heteroatoms. The summed E-state index contributed by atoms with van der Waals surface area (Å²) in [7, 11) is 0. The zero-order valence-electron chi connectivity index (χ0n) is 16.4. The van der Waals surface area contributed by atoms with Crippen LogP contribution in [-0.2, 0) is 4.79 Å². The van der Waals surface area contributed by atoms with Crippen molar-refractivity contribution in [3.05, 3.63) is 71.3 Å². The van der Waals surface area contributed by atoms with Gasteiger partial charge in [0.2, 0.25) is 5.91 Å². The van der Waals surface area contributed by atoms with Gasteiger partial charge >= 0.3 is 0 Å². The van der Waals surface area contributed by atoms with Crippen molar-refractivity contribution >= 4 is 11.8 Å². The number of nitrogens with two attached hydrogens (primary N) is 1. The van der Waals surface area contributed by atoms with Gasteiger partial charge in [-0.1, -0.05) is 48.0 Å². The number of amides is 2. The summed E-state index contributed by atoms with van der Waals surface area (Å²) in [6, 6.07) is 16.8. The molecule has 0 aromatic heterocycles. The summed E-state index contributed by atoms with van der Waals surface area (Å²) in [5, 5.41) is 3.05. The van der Waals surface area contributed by atoms with Crippen LogP contribution >= 0.6 is 0 Å². The van der Waals surface area contributed by atoms with E-state index in [9.17, 15) is 9.59 Å². The molecule has 0 spiro atoms. The standard InChI is InChI=1S/C23H29N3O2/c1-17-7-9-20(10-8-17)23(28)25-21(19-5-3-2-4-6-19)15-22(27)26-13-11-18(16-24)12-14-26/h2-10,18,21H,11-16,24H2,1H3,(H,25,28). The Morgan fingerprint density at radius 1 is 1.07 bits per heavy atom. The quantitative estimate of drug-likeness (QED) is 0.810. The third kappa shape index (κ3) is 5.20. The molecule has 2 aromatic rings. The highest BCUT2D eigenvalue weighted by Crippen LogP contribution is 2.22. The Bertz CT molecular complexity index is 781. The van der Waals surface area contributed by atoms with Gasteiger partial charge in [0.05, 0.1) is 12.5 Å². The Balaban J connectivity index is 1.70. The molecule has 1 heterocycles. The molecule has 0 saturated carbocycles. The zero-order valence-corrected chi connectivity index (χ0v) is 16.4. The molecule has 1 saturated heterocycles. The monoisotopic (exact) mass is 379 g/mol. The first-order valence-corrected chi connectivity index (χ1v) is 9.97. The minimum atomic E-state index is -0.352. The lowest BCUT2D eigenvalue weighted by Crippen LogP contribution is -2.42. The molecule has 2 aromatic carbocycles. The number of piperidine rings is 1. The predicted octanol–water partition coefficient (Wildman–Crippen LogP) is 3.05. The Morgan fingerprint density at radius 3 is 2.32 bits per heavy atom. The molecule has 1 atom stereocenters. The van der Waals surface area contributed by atoms with E-state index in [2.05, 4.69) is 5.32 Å². The second-order valence-corrected chi connectivity index (χ2v) is 7.57. The van der Waals surface area contributed by atoms with E-state index in [-0.39, 0.29) is 24.3 Å². The normalized spacial score (nSPS) is 15.9. The molecule has 0 radical (unpaired) electrons. The van der Waals surface area contributed by atoms with Crippen molar-refractivity contribution < 1.29 is 9.59 Å². The number of aryl methyl sites for hydroxylation is 1. The lowest BCUT2D eigenvalue weighted by molar-refractivity contribution is -0.133. The van der Waals surface area contributed by atoms with Gasteiger partial charge in [0.15, 0.2) is 0 Å². The first-order valence-electron chi connectivity index (χ1n) is 9.97. The number of rotatable bonds is 6. The Hall–Kier alpha value is -2.66. The van der Waals surface area contributed by atoms with E-state index in [1.165, 1.54) is 0 Å². The van der Waals surface area contributed by atoms with Gasteiger partial charge in [0.25, 0.3) is 5.91 Å². The van der Waals surface area contributed by atoms with E-state index >= 15 is 0 Å². The maximum absolute atomic E-state index is 12.9. The molecule has 148 valence electrons. The van der Waals surface area contributed by atoms with Gasteiger partial charge in [0.1, 0.15) is 0 Å². The molecule has 1 aliphatic rings. The van der Waals surface area contributed by atoms with Crippen LogP contribution in [0, 0.1) is 12.8 Å². The maximum atomic E-state index is 12.9. The number of nitrogens with zero attached hydrogens (tertiary/aromatic N) is 1. The highest BCUT2D eigenvalue weighted by Gasteiger charge is 2.26. The van der Waals surface area contributed by atoms with Crippen LogP contribution in [0.25, 0.3) is 0 Å². The van der Waals surface area contributed by atoms with Crippen molar-refractivity contribution in [3.63, 3.8) is 0 Å². The summed E-state index contributed by atoms with van der Waals surface area (Å²) in [4.78, 5) is 27.5. The highest BCUT2D eigenvalue weighted by molar-refractivity contribution is 5.94. The lowest BCUT2D eigenvalue weighted by Gasteiger charge is -2.32. The summed E-state index contributed by atoms with van der Waals surface area (Å²) in [5.74, 6) is 0.423. The molecule has 0 aliphatic carbocycles. The first-order chi connectivity index (χ1) is 13.6. The fraction of sp³-hybridized carbons (Fsp3) is 0.391. The van der Waals surface area contributed by atoms with Gasteiger partial charge in [-0.25, -0.2) is 0 Å². The van der Waals surface area contributed by atoms with E-state index in [4.69, 9.17) is 5.73 Å². The number of benzene rings is 2. The molecule has 3 N–H and O–H groups in total. The van der Waals surface area contributed by atoms with Crippen molar-refractivity contribution in [2.45, 2.75) is 32.2 Å². The number of hydrogen-bond donors (Lipinski definition) is 2. The molecular weight excluding hydrogens is 350 g/mol. The van der Waals surface area contributed by atoms with E-state index in [0.717, 1.165) is 37.1 Å². The number of likely N-dealkylation sites (tertiary alicyclic amines) is 1. The lowest BCUT2D eigenvalue weighted by atomic mass is 9.96. The molecular formula is C23H29N3O2. The Labute approximate surface area is 166 Å². The minimum absolute atomic E-state index is 0.0773. The number of hydrogen-bond acceptors (Lipinski definition) is 3. The molecule has 1 fully saturated rings. The van der Waals surface area contributed by atoms with Gasteiger partial charge in [-0.3, -0.25) is 9.59 Å². The van der Waals surface area contributed by atoms with Crippen LogP contribution in [0.15, 0.2) is 54.6 Å². The molecule has 5 nitrogen and oxygen atoms in total. The SMILES string of the molecule is Cc1ccc(C(=O)NC(CC(=O)N2CCC(CN)CC2)c2ccccc2)cc1. The third-order valence-corrected chi connectivity index (χ3v) is 5.50. The molecule has 0 bridgehead atoms. The van der Waals surface area contributed by atoms with Gasteiger partial charge in [-0.2, -0.15) is 0 Å². The van der Waals surface area contributed by atoms with Gasteiger partial charge in [0, 0.05) is 18.7 Å². The number of nitrogens with one attached hydrogen (secondary N) is 1. The zero-order chi connectivity index (χ0) is 19.9. The highest BCUT2D eigenvalue weighted by atomic mass is 16.2. The largest absolute Gasteiger partial charge is 0.345 e. The van der Waals surface area contributed by atoms with E-state index in [1.807, 2.05) is 66.4 Å². The average molecular weight is 380 g/mol. The van der Waals surface area contributed by atoms with Crippen LogP contribution in [0.1, 0.15) is 46.8 Å².